The standard InChI is InChI=1S/C19H19N3O/c1-14-8-16(11-20-10-14)5-4-15-6-7-17(21-12-15)22-13-19(2,3)9-18(22)23/h6-8,10-12H,9,13H2,1-3H3. The monoisotopic (exact) mass is 305 g/mol. The Bertz CT molecular complexity index is 797. The van der Waals surface area contributed by atoms with Crippen molar-refractivity contribution < 1.29 is 4.79 Å². The third kappa shape index (κ3) is 3.57. The van der Waals surface area contributed by atoms with E-state index in [9.17, 15) is 4.79 Å². The Morgan fingerprint density at radius 1 is 1.13 bits per heavy atom. The Morgan fingerprint density at radius 3 is 2.52 bits per heavy atom. The van der Waals surface area contributed by atoms with Crippen LogP contribution in [0.5, 0.6) is 0 Å². The molecular formula is C19H19N3O. The van der Waals surface area contributed by atoms with E-state index in [0.717, 1.165) is 16.7 Å². The number of aromatic nitrogens is 2. The van der Waals surface area contributed by atoms with Crippen molar-refractivity contribution in [2.75, 3.05) is 11.4 Å². The van der Waals surface area contributed by atoms with Crippen LogP contribution in [-0.4, -0.2) is 22.4 Å². The van der Waals surface area contributed by atoms with Crippen LogP contribution in [0, 0.1) is 24.2 Å². The molecule has 0 saturated carbocycles. The minimum absolute atomic E-state index is 0.00933. The van der Waals surface area contributed by atoms with Gasteiger partial charge in [0.05, 0.1) is 0 Å². The molecule has 0 bridgehead atoms. The molecule has 23 heavy (non-hydrogen) atoms. The fourth-order valence-electron chi connectivity index (χ4n) is 2.67. The summed E-state index contributed by atoms with van der Waals surface area (Å²) >= 11 is 0. The van der Waals surface area contributed by atoms with E-state index in [4.69, 9.17) is 0 Å². The lowest BCUT2D eigenvalue weighted by atomic mass is 9.93. The molecule has 0 radical (unpaired) electrons. The maximum Gasteiger partial charge on any atom is 0.228 e. The zero-order chi connectivity index (χ0) is 16.4. The summed E-state index contributed by atoms with van der Waals surface area (Å²) in [5, 5.41) is 0. The molecule has 0 aromatic carbocycles. The van der Waals surface area contributed by atoms with Gasteiger partial charge < -0.3 is 0 Å². The van der Waals surface area contributed by atoms with Crippen LogP contribution in [0.3, 0.4) is 0 Å². The molecule has 1 fully saturated rings. The quantitative estimate of drug-likeness (QED) is 0.761. The molecule has 3 rings (SSSR count). The number of anilines is 1. The van der Waals surface area contributed by atoms with Crippen molar-refractivity contribution in [3.8, 4) is 11.8 Å². The Balaban J connectivity index is 1.77. The SMILES string of the molecule is Cc1cncc(C#Cc2ccc(N3CC(C)(C)CC3=O)nc2)c1. The van der Waals surface area contributed by atoms with Gasteiger partial charge in [-0.15, -0.1) is 0 Å². The van der Waals surface area contributed by atoms with E-state index in [0.29, 0.717) is 18.8 Å². The lowest BCUT2D eigenvalue weighted by Gasteiger charge is -2.18. The third-order valence-electron chi connectivity index (χ3n) is 3.77. The number of carbonyl (C=O) groups excluding carboxylic acids is 1. The van der Waals surface area contributed by atoms with E-state index >= 15 is 0 Å². The summed E-state index contributed by atoms with van der Waals surface area (Å²) in [6.45, 7) is 6.89. The van der Waals surface area contributed by atoms with Crippen molar-refractivity contribution in [1.29, 1.82) is 0 Å². The van der Waals surface area contributed by atoms with Crippen molar-refractivity contribution in [2.45, 2.75) is 27.2 Å². The van der Waals surface area contributed by atoms with Crippen molar-refractivity contribution in [3.63, 3.8) is 0 Å². The van der Waals surface area contributed by atoms with Gasteiger partial charge in [0.25, 0.3) is 0 Å². The Morgan fingerprint density at radius 2 is 1.91 bits per heavy atom. The second kappa shape index (κ2) is 5.85. The van der Waals surface area contributed by atoms with E-state index in [1.807, 2.05) is 25.1 Å². The normalized spacial score (nSPS) is 16.1. The van der Waals surface area contributed by atoms with E-state index in [-0.39, 0.29) is 11.3 Å². The zero-order valence-electron chi connectivity index (χ0n) is 13.6. The summed E-state index contributed by atoms with van der Waals surface area (Å²) in [6, 6.07) is 5.75. The third-order valence-corrected chi connectivity index (χ3v) is 3.77. The molecule has 4 heteroatoms. The van der Waals surface area contributed by atoms with Crippen molar-refractivity contribution in [2.24, 2.45) is 5.41 Å². The molecule has 2 aromatic heterocycles. The number of pyridine rings is 2. The fourth-order valence-corrected chi connectivity index (χ4v) is 2.67. The second-order valence-electron chi connectivity index (χ2n) is 6.73. The predicted molar refractivity (Wildman–Crippen MR) is 89.9 cm³/mol. The average Bonchev–Trinajstić information content (AvgIpc) is 2.79. The van der Waals surface area contributed by atoms with Gasteiger partial charge in [-0.25, -0.2) is 4.98 Å². The summed E-state index contributed by atoms with van der Waals surface area (Å²) in [6.07, 6.45) is 5.82. The molecule has 1 amide bonds. The second-order valence-corrected chi connectivity index (χ2v) is 6.73. The van der Waals surface area contributed by atoms with Gasteiger partial charge in [0.15, 0.2) is 0 Å². The highest BCUT2D eigenvalue weighted by atomic mass is 16.2. The van der Waals surface area contributed by atoms with Crippen LogP contribution < -0.4 is 4.90 Å². The van der Waals surface area contributed by atoms with Gasteiger partial charge in [-0.05, 0) is 36.1 Å². The lowest BCUT2D eigenvalue weighted by molar-refractivity contribution is -0.117. The summed E-state index contributed by atoms with van der Waals surface area (Å²) in [5.41, 5.74) is 2.79. The molecule has 0 aliphatic carbocycles. The Kier molecular flexibility index (Phi) is 3.87. The number of rotatable bonds is 1. The smallest absolute Gasteiger partial charge is 0.228 e. The maximum atomic E-state index is 12.1. The maximum absolute atomic E-state index is 12.1. The van der Waals surface area contributed by atoms with E-state index in [1.165, 1.54) is 0 Å². The molecule has 116 valence electrons. The highest BCUT2D eigenvalue weighted by Crippen LogP contribution is 2.32. The van der Waals surface area contributed by atoms with Crippen LogP contribution in [0.15, 0.2) is 36.8 Å². The number of amides is 1. The number of aryl methyl sites for hydroxylation is 1. The van der Waals surface area contributed by atoms with E-state index in [1.54, 1.807) is 23.5 Å². The predicted octanol–water partition coefficient (Wildman–Crippen LogP) is 2.95. The molecule has 1 aliphatic heterocycles. The minimum Gasteiger partial charge on any atom is -0.296 e. The topological polar surface area (TPSA) is 46.1 Å². The molecule has 0 atom stereocenters. The number of hydrogen-bond donors (Lipinski definition) is 0. The Hall–Kier alpha value is -2.67. The summed E-state index contributed by atoms with van der Waals surface area (Å²) in [7, 11) is 0. The van der Waals surface area contributed by atoms with Gasteiger partial charge in [-0.2, -0.15) is 0 Å². The molecule has 0 unspecified atom stereocenters. The number of hydrogen-bond acceptors (Lipinski definition) is 3. The van der Waals surface area contributed by atoms with Crippen LogP contribution >= 0.6 is 0 Å². The largest absolute Gasteiger partial charge is 0.296 e. The fraction of sp³-hybridized carbons (Fsp3) is 0.316. The van der Waals surface area contributed by atoms with Crippen LogP contribution in [0.2, 0.25) is 0 Å². The van der Waals surface area contributed by atoms with Gasteiger partial charge in [0.1, 0.15) is 5.82 Å². The minimum atomic E-state index is 0.00933. The molecule has 2 aromatic rings. The van der Waals surface area contributed by atoms with Crippen LogP contribution in [0.1, 0.15) is 37.0 Å². The number of nitrogens with zero attached hydrogens (tertiary/aromatic N) is 3. The van der Waals surface area contributed by atoms with Gasteiger partial charge >= 0.3 is 0 Å². The first-order chi connectivity index (χ1) is 10.9. The zero-order valence-corrected chi connectivity index (χ0v) is 13.6. The molecule has 1 saturated heterocycles. The van der Waals surface area contributed by atoms with Crippen molar-refractivity contribution >= 4 is 11.7 Å². The van der Waals surface area contributed by atoms with Crippen molar-refractivity contribution in [3.05, 3.63) is 53.5 Å². The first-order valence-corrected chi connectivity index (χ1v) is 7.63. The Labute approximate surface area is 136 Å². The molecule has 0 N–H and O–H groups in total. The van der Waals surface area contributed by atoms with Gasteiger partial charge in [-0.1, -0.05) is 25.7 Å². The van der Waals surface area contributed by atoms with Crippen molar-refractivity contribution in [1.82, 2.24) is 9.97 Å². The first kappa shape index (κ1) is 15.2. The first-order valence-electron chi connectivity index (χ1n) is 7.63. The highest BCUT2D eigenvalue weighted by molar-refractivity contribution is 5.95. The van der Waals surface area contributed by atoms with Crippen LogP contribution in [-0.2, 0) is 4.79 Å². The van der Waals surface area contributed by atoms with Gasteiger partial charge in [0.2, 0.25) is 5.91 Å². The lowest BCUT2D eigenvalue weighted by Crippen LogP contribution is -2.26. The average molecular weight is 305 g/mol. The molecule has 1 aliphatic rings. The molecular weight excluding hydrogens is 286 g/mol. The summed E-state index contributed by atoms with van der Waals surface area (Å²) < 4.78 is 0. The molecule has 0 spiro atoms. The van der Waals surface area contributed by atoms with Crippen LogP contribution in [0.25, 0.3) is 0 Å². The van der Waals surface area contributed by atoms with Gasteiger partial charge in [0, 0.05) is 42.7 Å². The van der Waals surface area contributed by atoms with E-state index in [2.05, 4.69) is 35.7 Å². The summed E-state index contributed by atoms with van der Waals surface area (Å²) in [4.78, 5) is 22.3. The van der Waals surface area contributed by atoms with Crippen LogP contribution in [0.4, 0.5) is 5.82 Å². The molecule has 4 nitrogen and oxygen atoms in total. The van der Waals surface area contributed by atoms with Gasteiger partial charge in [-0.3, -0.25) is 14.7 Å². The highest BCUT2D eigenvalue weighted by Gasteiger charge is 2.36. The molecule has 3 heterocycles. The number of carbonyl (C=O) groups is 1. The van der Waals surface area contributed by atoms with E-state index < -0.39 is 0 Å². The summed E-state index contributed by atoms with van der Waals surface area (Å²) in [5.74, 6) is 6.99.